The third-order valence-electron chi connectivity index (χ3n) is 1.35. The van der Waals surface area contributed by atoms with Gasteiger partial charge in [0.1, 0.15) is 0 Å². The maximum Gasteiger partial charge on any atom is 0.175 e. The van der Waals surface area contributed by atoms with Gasteiger partial charge in [-0.2, -0.15) is 0 Å². The second kappa shape index (κ2) is 3.64. The van der Waals surface area contributed by atoms with Crippen LogP contribution in [0.4, 0.5) is 0 Å². The molecule has 3 heteroatoms. The Morgan fingerprint density at radius 1 is 1.64 bits per heavy atom. The second-order valence-electron chi connectivity index (χ2n) is 2.31. The lowest BCUT2D eigenvalue weighted by Crippen LogP contribution is -1.98. The first kappa shape index (κ1) is 8.43. The number of aryl methyl sites for hydroxylation is 1. The molecule has 1 heterocycles. The number of thiophene rings is 1. The molecule has 0 aliphatic rings. The first-order chi connectivity index (χ1) is 5.24. The molecule has 0 amide bonds. The average Bonchev–Trinajstić information content (AvgIpc) is 2.36. The fraction of sp³-hybridized carbons (Fsp3) is 0.375. The summed E-state index contributed by atoms with van der Waals surface area (Å²) in [5, 5.41) is 8.49. The van der Waals surface area contributed by atoms with Crippen molar-refractivity contribution in [1.29, 1.82) is 0 Å². The van der Waals surface area contributed by atoms with Gasteiger partial charge >= 0.3 is 0 Å². The van der Waals surface area contributed by atoms with Crippen molar-refractivity contribution in [3.05, 3.63) is 21.9 Å². The third kappa shape index (κ3) is 2.13. The van der Waals surface area contributed by atoms with Crippen LogP contribution in [-0.4, -0.2) is 17.5 Å². The topological polar surface area (TPSA) is 37.3 Å². The molecule has 60 valence electrons. The smallest absolute Gasteiger partial charge is 0.175 e. The molecule has 0 aromatic carbocycles. The van der Waals surface area contributed by atoms with E-state index in [2.05, 4.69) is 0 Å². The lowest BCUT2D eigenvalue weighted by Gasteiger charge is -1.90. The third-order valence-corrected chi connectivity index (χ3v) is 2.40. The molecular formula is C8H10O2S. The van der Waals surface area contributed by atoms with Gasteiger partial charge in [0, 0.05) is 11.3 Å². The Hall–Kier alpha value is -0.670. The van der Waals surface area contributed by atoms with Gasteiger partial charge in [0.25, 0.3) is 0 Å². The maximum absolute atomic E-state index is 11.1. The maximum atomic E-state index is 11.1. The molecule has 1 rings (SSSR count). The highest BCUT2D eigenvalue weighted by Crippen LogP contribution is 2.16. The lowest BCUT2D eigenvalue weighted by atomic mass is 10.2. The Morgan fingerprint density at radius 3 is 2.82 bits per heavy atom. The predicted molar refractivity (Wildman–Crippen MR) is 45.1 cm³/mol. The number of rotatable bonds is 3. The molecule has 0 unspecified atom stereocenters. The zero-order valence-electron chi connectivity index (χ0n) is 6.33. The van der Waals surface area contributed by atoms with E-state index in [-0.39, 0.29) is 18.8 Å². The first-order valence-electron chi connectivity index (χ1n) is 3.44. The second-order valence-corrected chi connectivity index (χ2v) is 3.59. The molecule has 0 fully saturated rings. The molecule has 1 aromatic heterocycles. The van der Waals surface area contributed by atoms with E-state index >= 15 is 0 Å². The summed E-state index contributed by atoms with van der Waals surface area (Å²) < 4.78 is 0. The van der Waals surface area contributed by atoms with Crippen LogP contribution >= 0.6 is 11.3 Å². The van der Waals surface area contributed by atoms with Crippen LogP contribution in [0.3, 0.4) is 0 Å². The fourth-order valence-electron chi connectivity index (χ4n) is 0.809. The highest BCUT2D eigenvalue weighted by atomic mass is 32.1. The molecule has 0 aliphatic heterocycles. The Kier molecular flexibility index (Phi) is 2.79. The zero-order valence-corrected chi connectivity index (χ0v) is 7.15. The van der Waals surface area contributed by atoms with Gasteiger partial charge in [-0.1, -0.05) is 0 Å². The summed E-state index contributed by atoms with van der Waals surface area (Å²) in [6, 6.07) is 3.72. The van der Waals surface area contributed by atoms with Crippen molar-refractivity contribution < 1.29 is 9.90 Å². The monoisotopic (exact) mass is 170 g/mol. The Labute approximate surface area is 69.5 Å². The highest BCUT2D eigenvalue weighted by molar-refractivity contribution is 7.14. The van der Waals surface area contributed by atoms with E-state index in [9.17, 15) is 4.79 Å². The standard InChI is InChI=1S/C8H10O2S/c1-6-2-3-8(11-6)7(10)4-5-9/h2-3,9H,4-5H2,1H3. The number of Topliss-reactive ketones (excluding diaryl/α,β-unsaturated/α-hetero) is 1. The summed E-state index contributed by atoms with van der Waals surface area (Å²) in [6.45, 7) is 1.90. The molecule has 0 saturated heterocycles. The minimum Gasteiger partial charge on any atom is -0.396 e. The van der Waals surface area contributed by atoms with E-state index < -0.39 is 0 Å². The minimum atomic E-state index is -0.0597. The molecule has 0 aliphatic carbocycles. The molecule has 0 atom stereocenters. The van der Waals surface area contributed by atoms with Crippen LogP contribution in [0.5, 0.6) is 0 Å². The Bertz CT molecular complexity index is 252. The van der Waals surface area contributed by atoms with Crippen LogP contribution < -0.4 is 0 Å². The summed E-state index contributed by atoms with van der Waals surface area (Å²) in [5.41, 5.74) is 0. The molecular weight excluding hydrogens is 160 g/mol. The number of aliphatic hydroxyl groups is 1. The molecule has 0 radical (unpaired) electrons. The van der Waals surface area contributed by atoms with Crippen molar-refractivity contribution >= 4 is 17.1 Å². The summed E-state index contributed by atoms with van der Waals surface area (Å²) in [6.07, 6.45) is 0.236. The van der Waals surface area contributed by atoms with Crippen molar-refractivity contribution in [3.8, 4) is 0 Å². The first-order valence-corrected chi connectivity index (χ1v) is 4.26. The van der Waals surface area contributed by atoms with Crippen molar-refractivity contribution in [2.24, 2.45) is 0 Å². The Morgan fingerprint density at radius 2 is 2.36 bits per heavy atom. The molecule has 11 heavy (non-hydrogen) atoms. The van der Waals surface area contributed by atoms with Gasteiger partial charge in [-0.25, -0.2) is 0 Å². The van der Waals surface area contributed by atoms with Gasteiger partial charge in [0.2, 0.25) is 0 Å². The number of hydrogen-bond acceptors (Lipinski definition) is 3. The van der Waals surface area contributed by atoms with Gasteiger partial charge in [-0.05, 0) is 19.1 Å². The zero-order chi connectivity index (χ0) is 8.27. The van der Waals surface area contributed by atoms with Gasteiger partial charge in [0.15, 0.2) is 5.78 Å². The lowest BCUT2D eigenvalue weighted by molar-refractivity contribution is 0.0960. The number of hydrogen-bond donors (Lipinski definition) is 1. The van der Waals surface area contributed by atoms with Crippen molar-refractivity contribution in [2.75, 3.05) is 6.61 Å². The normalized spacial score (nSPS) is 10.0. The molecule has 2 nitrogen and oxygen atoms in total. The van der Waals surface area contributed by atoms with E-state index in [1.165, 1.54) is 11.3 Å². The van der Waals surface area contributed by atoms with E-state index in [1.54, 1.807) is 6.07 Å². The molecule has 1 N–H and O–H groups in total. The number of ketones is 1. The number of carbonyl (C=O) groups excluding carboxylic acids is 1. The summed E-state index contributed by atoms with van der Waals surface area (Å²) in [5.74, 6) is 0.0330. The van der Waals surface area contributed by atoms with Gasteiger partial charge in [0.05, 0.1) is 11.5 Å². The average molecular weight is 170 g/mol. The van der Waals surface area contributed by atoms with Crippen molar-refractivity contribution in [1.82, 2.24) is 0 Å². The van der Waals surface area contributed by atoms with Crippen LogP contribution in [0, 0.1) is 6.92 Å². The molecule has 0 saturated carbocycles. The van der Waals surface area contributed by atoms with E-state index in [4.69, 9.17) is 5.11 Å². The van der Waals surface area contributed by atoms with E-state index in [0.29, 0.717) is 0 Å². The van der Waals surface area contributed by atoms with Crippen LogP contribution in [0.1, 0.15) is 21.0 Å². The summed E-state index contributed by atoms with van der Waals surface area (Å²) in [7, 11) is 0. The van der Waals surface area contributed by atoms with Gasteiger partial charge in [-0.15, -0.1) is 11.3 Å². The quantitative estimate of drug-likeness (QED) is 0.700. The van der Waals surface area contributed by atoms with Crippen LogP contribution in [0.2, 0.25) is 0 Å². The van der Waals surface area contributed by atoms with Gasteiger partial charge < -0.3 is 5.11 Å². The molecule has 0 spiro atoms. The van der Waals surface area contributed by atoms with Gasteiger partial charge in [-0.3, -0.25) is 4.79 Å². The van der Waals surface area contributed by atoms with Crippen LogP contribution in [-0.2, 0) is 0 Å². The van der Waals surface area contributed by atoms with Crippen LogP contribution in [0.25, 0.3) is 0 Å². The largest absolute Gasteiger partial charge is 0.396 e. The highest BCUT2D eigenvalue weighted by Gasteiger charge is 2.05. The van der Waals surface area contributed by atoms with E-state index in [1.807, 2.05) is 13.0 Å². The van der Waals surface area contributed by atoms with Crippen molar-refractivity contribution in [3.63, 3.8) is 0 Å². The predicted octanol–water partition coefficient (Wildman–Crippen LogP) is 1.62. The number of aliphatic hydroxyl groups excluding tert-OH is 1. The summed E-state index contributed by atoms with van der Waals surface area (Å²) >= 11 is 1.48. The molecule has 0 bridgehead atoms. The van der Waals surface area contributed by atoms with Crippen LogP contribution in [0.15, 0.2) is 12.1 Å². The fourth-order valence-corrected chi connectivity index (χ4v) is 1.64. The minimum absolute atomic E-state index is 0.0330. The number of carbonyl (C=O) groups is 1. The Balaban J connectivity index is 2.69. The summed E-state index contributed by atoms with van der Waals surface area (Å²) in [4.78, 5) is 13.0. The van der Waals surface area contributed by atoms with Crippen molar-refractivity contribution in [2.45, 2.75) is 13.3 Å². The van der Waals surface area contributed by atoms with E-state index in [0.717, 1.165) is 9.75 Å². The molecule has 1 aromatic rings. The SMILES string of the molecule is Cc1ccc(C(=O)CCO)s1.